The summed E-state index contributed by atoms with van der Waals surface area (Å²) in [6.07, 6.45) is 1.81. The number of rotatable bonds is 7. The Hall–Kier alpha value is -2.40. The normalized spacial score (nSPS) is 17.7. The Morgan fingerprint density at radius 2 is 1.59 bits per heavy atom. The average Bonchev–Trinajstić information content (AvgIpc) is 2.77. The second-order valence-electron chi connectivity index (χ2n) is 6.70. The van der Waals surface area contributed by atoms with Crippen LogP contribution in [0.4, 0.5) is 8.78 Å². The minimum absolute atomic E-state index is 0.00878. The van der Waals surface area contributed by atoms with E-state index < -0.39 is 35.8 Å². The van der Waals surface area contributed by atoms with E-state index in [0.29, 0.717) is 44.5 Å². The highest BCUT2D eigenvalue weighted by atomic mass is 19.1. The number of piperidine rings is 1. The van der Waals surface area contributed by atoms with Gasteiger partial charge in [-0.05, 0) is 87.3 Å². The van der Waals surface area contributed by atoms with Gasteiger partial charge in [0.25, 0.3) is 0 Å². The molecule has 0 aliphatic carbocycles. The second-order valence-corrected chi connectivity index (χ2v) is 6.70. The summed E-state index contributed by atoms with van der Waals surface area (Å²) in [5.74, 6) is -2.29. The van der Waals surface area contributed by atoms with Crippen molar-refractivity contribution in [1.82, 2.24) is 4.90 Å². The van der Waals surface area contributed by atoms with Crippen molar-refractivity contribution in [2.75, 3.05) is 19.6 Å². The van der Waals surface area contributed by atoms with Crippen LogP contribution in [0.3, 0.4) is 0 Å². The third-order valence-electron chi connectivity index (χ3n) is 4.84. The minimum atomic E-state index is -1.26. The molecule has 0 spiro atoms. The summed E-state index contributed by atoms with van der Waals surface area (Å²) in [5, 5.41) is 0. The Morgan fingerprint density at radius 3 is 2.22 bits per heavy atom. The van der Waals surface area contributed by atoms with Crippen LogP contribution in [0.5, 0.6) is 0 Å². The quantitative estimate of drug-likeness (QED) is 0.668. The van der Waals surface area contributed by atoms with Crippen LogP contribution >= 0.6 is 0 Å². The molecular formula is C22H23F2NO2. The van der Waals surface area contributed by atoms with Crippen LogP contribution in [0, 0.1) is 17.6 Å². The highest BCUT2D eigenvalue weighted by Gasteiger charge is 2.25. The van der Waals surface area contributed by atoms with E-state index in [0.717, 1.165) is 0 Å². The van der Waals surface area contributed by atoms with Gasteiger partial charge in [0.2, 0.25) is 0 Å². The van der Waals surface area contributed by atoms with Crippen LogP contribution in [-0.4, -0.2) is 36.1 Å². The van der Waals surface area contributed by atoms with E-state index in [1.807, 2.05) is 0 Å². The summed E-state index contributed by atoms with van der Waals surface area (Å²) in [6.45, 7) is 1.96. The molecule has 0 saturated carbocycles. The average molecular weight is 375 g/mol. The number of benzene rings is 2. The highest BCUT2D eigenvalue weighted by Crippen LogP contribution is 2.22. The zero-order valence-electron chi connectivity index (χ0n) is 18.9. The first kappa shape index (κ1) is 14.6. The van der Waals surface area contributed by atoms with E-state index in [-0.39, 0.29) is 29.5 Å². The van der Waals surface area contributed by atoms with Gasteiger partial charge >= 0.3 is 0 Å². The molecule has 0 bridgehead atoms. The van der Waals surface area contributed by atoms with Gasteiger partial charge in [-0.1, -0.05) is 0 Å². The number of ketones is 2. The number of halogens is 2. The van der Waals surface area contributed by atoms with Crippen molar-refractivity contribution in [3.63, 3.8) is 0 Å². The van der Waals surface area contributed by atoms with Crippen molar-refractivity contribution in [2.45, 2.75) is 25.7 Å². The van der Waals surface area contributed by atoms with Crippen LogP contribution < -0.4 is 0 Å². The Morgan fingerprint density at radius 1 is 0.963 bits per heavy atom. The van der Waals surface area contributed by atoms with Crippen LogP contribution in [0.25, 0.3) is 0 Å². The van der Waals surface area contributed by atoms with Crippen molar-refractivity contribution in [3.8, 4) is 0 Å². The summed E-state index contributed by atoms with van der Waals surface area (Å²) in [5.41, 5.74) is 0.129. The maximum absolute atomic E-state index is 13.6. The maximum Gasteiger partial charge on any atom is 0.166 e. The van der Waals surface area contributed by atoms with Crippen molar-refractivity contribution >= 4 is 11.6 Å². The highest BCUT2D eigenvalue weighted by molar-refractivity contribution is 5.98. The molecule has 0 unspecified atom stereocenters. The smallest absolute Gasteiger partial charge is 0.166 e. The lowest BCUT2D eigenvalue weighted by atomic mass is 9.89. The first-order valence-corrected chi connectivity index (χ1v) is 9.01. The first-order chi connectivity index (χ1) is 14.7. The van der Waals surface area contributed by atoms with Gasteiger partial charge in [0.15, 0.2) is 11.6 Å². The number of carbonyl (C=O) groups excluding carboxylic acids is 2. The molecule has 1 saturated heterocycles. The van der Waals surface area contributed by atoms with E-state index >= 15 is 0 Å². The molecule has 5 heteroatoms. The molecule has 27 heavy (non-hydrogen) atoms. The van der Waals surface area contributed by atoms with E-state index in [1.54, 1.807) is 0 Å². The molecule has 1 aliphatic heterocycles. The number of hydrogen-bond acceptors (Lipinski definition) is 3. The molecule has 1 heterocycles. The molecule has 1 aliphatic rings. The lowest BCUT2D eigenvalue weighted by molar-refractivity contribution is 0.0837. The molecule has 2 aromatic carbocycles. The molecule has 0 radical (unpaired) electrons. The van der Waals surface area contributed by atoms with Gasteiger partial charge in [-0.3, -0.25) is 9.59 Å². The minimum Gasteiger partial charge on any atom is -0.303 e. The number of nitrogens with zero attached hydrogens (tertiary/aromatic N) is 1. The predicted molar refractivity (Wildman–Crippen MR) is 99.9 cm³/mol. The molecule has 3 rings (SSSR count). The third-order valence-corrected chi connectivity index (χ3v) is 4.84. The monoisotopic (exact) mass is 375 g/mol. The van der Waals surface area contributed by atoms with E-state index in [2.05, 4.69) is 4.90 Å². The number of hydrogen-bond donors (Lipinski definition) is 0. The molecule has 0 atom stereocenters. The Balaban J connectivity index is 1.50. The van der Waals surface area contributed by atoms with Crippen LogP contribution in [0.2, 0.25) is 0 Å². The predicted octanol–water partition coefficient (Wildman–Crippen LogP) is 4.52. The summed E-state index contributed by atoms with van der Waals surface area (Å²) >= 11 is 0. The van der Waals surface area contributed by atoms with Crippen LogP contribution in [-0.2, 0) is 0 Å². The lowest BCUT2D eigenvalue weighted by Gasteiger charge is -2.31. The third kappa shape index (κ3) is 5.30. The van der Waals surface area contributed by atoms with Crippen molar-refractivity contribution in [1.29, 1.82) is 0 Å². The molecule has 0 aromatic heterocycles. The van der Waals surface area contributed by atoms with Gasteiger partial charge in [-0.15, -0.1) is 0 Å². The summed E-state index contributed by atoms with van der Waals surface area (Å²) in [6, 6.07) is 2.58. The fraction of sp³-hybridized carbons (Fsp3) is 0.364. The van der Waals surface area contributed by atoms with Crippen molar-refractivity contribution in [2.24, 2.45) is 5.92 Å². The molecule has 0 N–H and O–H groups in total. The first-order valence-electron chi connectivity index (χ1n) is 11.0. The largest absolute Gasteiger partial charge is 0.303 e. The molecule has 0 amide bonds. The SMILES string of the molecule is [2H]c1c([2H])c(C(=O)CCCN2CCC(C(=O)c3ccc(F)cc3)CC2)c([2H])c([2H])c1F. The summed E-state index contributed by atoms with van der Waals surface area (Å²) < 4.78 is 57.2. The maximum atomic E-state index is 13.6. The Kier molecular flexibility index (Phi) is 4.88. The van der Waals surface area contributed by atoms with Crippen molar-refractivity contribution in [3.05, 3.63) is 71.2 Å². The van der Waals surface area contributed by atoms with E-state index in [1.165, 1.54) is 24.3 Å². The summed E-state index contributed by atoms with van der Waals surface area (Å²) in [7, 11) is 0. The zero-order valence-corrected chi connectivity index (χ0v) is 14.9. The van der Waals surface area contributed by atoms with E-state index in [9.17, 15) is 18.4 Å². The molecule has 2 aromatic rings. The zero-order chi connectivity index (χ0) is 22.7. The fourth-order valence-electron chi connectivity index (χ4n) is 3.29. The van der Waals surface area contributed by atoms with Crippen molar-refractivity contribution < 1.29 is 23.9 Å². The molecular weight excluding hydrogens is 348 g/mol. The number of carbonyl (C=O) groups is 2. The van der Waals surface area contributed by atoms with Gasteiger partial charge in [-0.2, -0.15) is 0 Å². The second kappa shape index (κ2) is 9.00. The Labute approximate surface area is 163 Å². The lowest BCUT2D eigenvalue weighted by Crippen LogP contribution is -2.37. The van der Waals surface area contributed by atoms with Crippen LogP contribution in [0.1, 0.15) is 51.9 Å². The molecule has 1 fully saturated rings. The molecule has 142 valence electrons. The van der Waals surface area contributed by atoms with Crippen LogP contribution in [0.15, 0.2) is 48.4 Å². The number of likely N-dealkylation sites (tertiary alicyclic amines) is 1. The number of Topliss-reactive ketones (excluding diaryl/α,β-unsaturated/α-hetero) is 2. The Bertz CT molecular complexity index is 961. The van der Waals surface area contributed by atoms with Gasteiger partial charge < -0.3 is 4.90 Å². The van der Waals surface area contributed by atoms with E-state index in [4.69, 9.17) is 5.48 Å². The molecule has 3 nitrogen and oxygen atoms in total. The van der Waals surface area contributed by atoms with Gasteiger partial charge in [-0.25, -0.2) is 8.78 Å². The topological polar surface area (TPSA) is 37.4 Å². The van der Waals surface area contributed by atoms with Gasteiger partial charge in [0, 0.05) is 23.5 Å². The standard InChI is InChI=1S/C22H23F2NO2/c23-19-7-3-16(4-8-19)21(26)2-1-13-25-14-11-18(12-15-25)22(27)17-5-9-20(24)10-6-17/h3-10,18H,1-2,11-15H2/i3D,4D,7D,8D. The van der Waals surface area contributed by atoms with Gasteiger partial charge in [0.1, 0.15) is 11.6 Å². The summed E-state index contributed by atoms with van der Waals surface area (Å²) in [4.78, 5) is 27.1. The fourth-order valence-corrected chi connectivity index (χ4v) is 3.29. The van der Waals surface area contributed by atoms with Gasteiger partial charge in [0.05, 0.1) is 5.48 Å².